The molecule has 0 heterocycles. The van der Waals surface area contributed by atoms with E-state index in [1.165, 1.54) is 0 Å². The van der Waals surface area contributed by atoms with Gasteiger partial charge in [0.1, 0.15) is 17.6 Å². The first-order valence-electron chi connectivity index (χ1n) is 5.91. The standard InChI is InChI=1S/C15H20O3/c1-4-6-12(16)11-13(5-2)18-15-9-7-14(17-3)8-10-15/h4-5,7-10,12-13,16H,1-2,6,11H2,3H3. The van der Waals surface area contributed by atoms with E-state index in [1.54, 1.807) is 19.3 Å². The molecule has 1 aromatic carbocycles. The Morgan fingerprint density at radius 2 is 1.83 bits per heavy atom. The molecule has 3 nitrogen and oxygen atoms in total. The maximum Gasteiger partial charge on any atom is 0.120 e. The van der Waals surface area contributed by atoms with Crippen molar-refractivity contribution < 1.29 is 14.6 Å². The molecule has 0 spiro atoms. The Kier molecular flexibility index (Phi) is 6.01. The summed E-state index contributed by atoms with van der Waals surface area (Å²) in [6.45, 7) is 7.31. The summed E-state index contributed by atoms with van der Waals surface area (Å²) in [4.78, 5) is 0. The lowest BCUT2D eigenvalue weighted by molar-refractivity contribution is 0.117. The molecule has 0 saturated carbocycles. The first kappa shape index (κ1) is 14.3. The maximum atomic E-state index is 9.69. The van der Waals surface area contributed by atoms with Crippen LogP contribution >= 0.6 is 0 Å². The van der Waals surface area contributed by atoms with E-state index in [9.17, 15) is 5.11 Å². The smallest absolute Gasteiger partial charge is 0.120 e. The van der Waals surface area contributed by atoms with Crippen molar-refractivity contribution in [3.8, 4) is 11.5 Å². The molecule has 1 rings (SSSR count). The quantitative estimate of drug-likeness (QED) is 0.719. The Hall–Kier alpha value is -1.74. The molecule has 18 heavy (non-hydrogen) atoms. The molecule has 3 heteroatoms. The third-order valence-electron chi connectivity index (χ3n) is 2.55. The van der Waals surface area contributed by atoms with Crippen molar-refractivity contribution in [3.05, 3.63) is 49.6 Å². The van der Waals surface area contributed by atoms with Crippen molar-refractivity contribution in [2.45, 2.75) is 25.0 Å². The fourth-order valence-corrected chi connectivity index (χ4v) is 1.58. The van der Waals surface area contributed by atoms with E-state index in [-0.39, 0.29) is 6.10 Å². The summed E-state index contributed by atoms with van der Waals surface area (Å²) in [7, 11) is 1.62. The van der Waals surface area contributed by atoms with E-state index in [0.29, 0.717) is 12.8 Å². The Labute approximate surface area is 108 Å². The molecular weight excluding hydrogens is 228 g/mol. The molecule has 0 aromatic heterocycles. The molecule has 0 saturated heterocycles. The van der Waals surface area contributed by atoms with Gasteiger partial charge in [-0.2, -0.15) is 0 Å². The number of ether oxygens (including phenoxy) is 2. The molecule has 1 N–H and O–H groups in total. The Morgan fingerprint density at radius 1 is 1.22 bits per heavy atom. The van der Waals surface area contributed by atoms with Crippen LogP contribution in [0, 0.1) is 0 Å². The van der Waals surface area contributed by atoms with Gasteiger partial charge in [-0.3, -0.25) is 0 Å². The highest BCUT2D eigenvalue weighted by molar-refractivity contribution is 5.31. The Morgan fingerprint density at radius 3 is 2.33 bits per heavy atom. The molecule has 2 unspecified atom stereocenters. The van der Waals surface area contributed by atoms with Crippen molar-refractivity contribution >= 4 is 0 Å². The summed E-state index contributed by atoms with van der Waals surface area (Å²) in [5.41, 5.74) is 0. The van der Waals surface area contributed by atoms with Crippen LogP contribution < -0.4 is 9.47 Å². The molecule has 0 aliphatic heterocycles. The van der Waals surface area contributed by atoms with E-state index in [4.69, 9.17) is 9.47 Å². The number of benzene rings is 1. The van der Waals surface area contributed by atoms with Crippen LogP contribution in [0.15, 0.2) is 49.6 Å². The lowest BCUT2D eigenvalue weighted by Crippen LogP contribution is -2.21. The first-order valence-corrected chi connectivity index (χ1v) is 5.91. The topological polar surface area (TPSA) is 38.7 Å². The van der Waals surface area contributed by atoms with E-state index in [0.717, 1.165) is 11.5 Å². The van der Waals surface area contributed by atoms with Crippen LogP contribution in [0.25, 0.3) is 0 Å². The van der Waals surface area contributed by atoms with Gasteiger partial charge in [-0.05, 0) is 30.7 Å². The van der Waals surface area contributed by atoms with Gasteiger partial charge in [0, 0.05) is 6.42 Å². The monoisotopic (exact) mass is 248 g/mol. The summed E-state index contributed by atoms with van der Waals surface area (Å²) in [6.07, 6.45) is 3.77. The van der Waals surface area contributed by atoms with Gasteiger partial charge < -0.3 is 14.6 Å². The van der Waals surface area contributed by atoms with E-state index in [1.807, 2.05) is 24.3 Å². The normalized spacial score (nSPS) is 13.4. The minimum Gasteiger partial charge on any atom is -0.497 e. The lowest BCUT2D eigenvalue weighted by atomic mass is 10.1. The molecule has 0 radical (unpaired) electrons. The molecule has 0 fully saturated rings. The van der Waals surface area contributed by atoms with Crippen LogP contribution in [0.3, 0.4) is 0 Å². The van der Waals surface area contributed by atoms with Crippen molar-refractivity contribution in [1.82, 2.24) is 0 Å². The Bertz CT molecular complexity index is 370. The van der Waals surface area contributed by atoms with Gasteiger partial charge in [-0.1, -0.05) is 18.7 Å². The Balaban J connectivity index is 2.55. The van der Waals surface area contributed by atoms with Crippen molar-refractivity contribution in [2.75, 3.05) is 7.11 Å². The summed E-state index contributed by atoms with van der Waals surface area (Å²) in [5.74, 6) is 1.51. The second-order valence-corrected chi connectivity index (χ2v) is 3.98. The molecule has 0 amide bonds. The van der Waals surface area contributed by atoms with E-state index in [2.05, 4.69) is 13.2 Å². The van der Waals surface area contributed by atoms with Gasteiger partial charge in [0.15, 0.2) is 0 Å². The summed E-state index contributed by atoms with van der Waals surface area (Å²) in [6, 6.07) is 7.32. The predicted octanol–water partition coefficient (Wildman–Crippen LogP) is 2.96. The predicted molar refractivity (Wildman–Crippen MR) is 73.0 cm³/mol. The van der Waals surface area contributed by atoms with Gasteiger partial charge in [-0.25, -0.2) is 0 Å². The molecule has 1 aromatic rings. The molecule has 0 bridgehead atoms. The zero-order chi connectivity index (χ0) is 13.4. The van der Waals surface area contributed by atoms with E-state index >= 15 is 0 Å². The minimum absolute atomic E-state index is 0.214. The average molecular weight is 248 g/mol. The van der Waals surface area contributed by atoms with Crippen LogP contribution in [0.1, 0.15) is 12.8 Å². The van der Waals surface area contributed by atoms with Crippen molar-refractivity contribution in [2.24, 2.45) is 0 Å². The molecule has 0 aliphatic rings. The fourth-order valence-electron chi connectivity index (χ4n) is 1.58. The number of methoxy groups -OCH3 is 1. The highest BCUT2D eigenvalue weighted by Gasteiger charge is 2.12. The second-order valence-electron chi connectivity index (χ2n) is 3.98. The number of aliphatic hydroxyl groups is 1. The van der Waals surface area contributed by atoms with Crippen LogP contribution in [0.4, 0.5) is 0 Å². The van der Waals surface area contributed by atoms with E-state index < -0.39 is 6.10 Å². The fraction of sp³-hybridized carbons (Fsp3) is 0.333. The van der Waals surface area contributed by atoms with Crippen LogP contribution in [0.2, 0.25) is 0 Å². The SMILES string of the molecule is C=CCC(O)CC(C=C)Oc1ccc(OC)cc1. The highest BCUT2D eigenvalue weighted by Crippen LogP contribution is 2.20. The van der Waals surface area contributed by atoms with Crippen molar-refractivity contribution in [3.63, 3.8) is 0 Å². The molecule has 0 aliphatic carbocycles. The van der Waals surface area contributed by atoms with Crippen LogP contribution in [-0.4, -0.2) is 24.4 Å². The summed E-state index contributed by atoms with van der Waals surface area (Å²) in [5, 5.41) is 9.69. The number of hydrogen-bond donors (Lipinski definition) is 1. The molecule has 2 atom stereocenters. The summed E-state index contributed by atoms with van der Waals surface area (Å²) < 4.78 is 10.8. The zero-order valence-corrected chi connectivity index (χ0v) is 10.7. The second kappa shape index (κ2) is 7.56. The van der Waals surface area contributed by atoms with Gasteiger partial charge >= 0.3 is 0 Å². The lowest BCUT2D eigenvalue weighted by Gasteiger charge is -2.18. The number of rotatable bonds is 8. The minimum atomic E-state index is -0.455. The van der Waals surface area contributed by atoms with Crippen molar-refractivity contribution in [1.29, 1.82) is 0 Å². The molecule has 98 valence electrons. The summed E-state index contributed by atoms with van der Waals surface area (Å²) >= 11 is 0. The van der Waals surface area contributed by atoms with Gasteiger partial charge in [0.25, 0.3) is 0 Å². The third-order valence-corrected chi connectivity index (χ3v) is 2.55. The first-order chi connectivity index (χ1) is 8.69. The van der Waals surface area contributed by atoms with Gasteiger partial charge in [0.2, 0.25) is 0 Å². The average Bonchev–Trinajstić information content (AvgIpc) is 2.39. The van der Waals surface area contributed by atoms with Crippen LogP contribution in [0.5, 0.6) is 11.5 Å². The number of aliphatic hydroxyl groups excluding tert-OH is 1. The third kappa shape index (κ3) is 4.63. The maximum absolute atomic E-state index is 9.69. The zero-order valence-electron chi connectivity index (χ0n) is 10.7. The molecular formula is C15H20O3. The largest absolute Gasteiger partial charge is 0.497 e. The van der Waals surface area contributed by atoms with Gasteiger partial charge in [0.05, 0.1) is 13.2 Å². The highest BCUT2D eigenvalue weighted by atomic mass is 16.5. The van der Waals surface area contributed by atoms with Gasteiger partial charge in [-0.15, -0.1) is 6.58 Å². The number of hydrogen-bond acceptors (Lipinski definition) is 3. The van der Waals surface area contributed by atoms with Crippen LogP contribution in [-0.2, 0) is 0 Å².